The first-order valence-corrected chi connectivity index (χ1v) is 9.25. The summed E-state index contributed by atoms with van der Waals surface area (Å²) >= 11 is 6.09. The summed E-state index contributed by atoms with van der Waals surface area (Å²) in [4.78, 5) is 4.57. The molecule has 0 unspecified atom stereocenters. The van der Waals surface area contributed by atoms with Gasteiger partial charge in [-0.3, -0.25) is 0 Å². The van der Waals surface area contributed by atoms with Crippen LogP contribution in [-0.2, 0) is 16.3 Å². The lowest BCUT2D eigenvalue weighted by molar-refractivity contribution is 0.602. The van der Waals surface area contributed by atoms with E-state index < -0.39 is 9.84 Å². The Balaban J connectivity index is 2.00. The van der Waals surface area contributed by atoms with Crippen molar-refractivity contribution in [3.8, 4) is 0 Å². The average molecular weight is 351 g/mol. The third-order valence-electron chi connectivity index (χ3n) is 3.45. The molecule has 0 spiro atoms. The molecule has 0 aliphatic heterocycles. The minimum Gasteiger partial charge on any atom is -0.340 e. The second-order valence-corrected chi connectivity index (χ2v) is 7.55. The van der Waals surface area contributed by atoms with E-state index in [1.54, 1.807) is 41.0 Å². The number of sulfone groups is 1. The first-order valence-electron chi connectivity index (χ1n) is 6.99. The largest absolute Gasteiger partial charge is 0.340 e. The van der Waals surface area contributed by atoms with Gasteiger partial charge in [-0.15, -0.1) is 0 Å². The lowest BCUT2D eigenvalue weighted by Gasteiger charge is -2.09. The number of halogens is 1. The summed E-state index contributed by atoms with van der Waals surface area (Å²) in [6.07, 6.45) is 3.74. The van der Waals surface area contributed by atoms with Crippen LogP contribution in [0.4, 0.5) is 11.5 Å². The van der Waals surface area contributed by atoms with Gasteiger partial charge in [-0.05, 0) is 30.7 Å². The number of aromatic nitrogens is 3. The minimum atomic E-state index is -3.21. The fraction of sp³-hybridized carbons (Fsp3) is 0.200. The zero-order valence-corrected chi connectivity index (χ0v) is 14.2. The molecule has 0 fully saturated rings. The Labute approximate surface area is 139 Å². The van der Waals surface area contributed by atoms with Crippen molar-refractivity contribution in [1.82, 2.24) is 14.6 Å². The topological polar surface area (TPSA) is 76.4 Å². The molecule has 6 nitrogen and oxygen atoms in total. The van der Waals surface area contributed by atoms with E-state index in [1.165, 1.54) is 6.26 Å². The summed E-state index contributed by atoms with van der Waals surface area (Å²) < 4.78 is 24.7. The second kappa shape index (κ2) is 5.82. The zero-order valence-electron chi connectivity index (χ0n) is 12.6. The van der Waals surface area contributed by atoms with Crippen molar-refractivity contribution in [2.75, 3.05) is 11.6 Å². The molecule has 0 aliphatic rings. The number of hydrogen-bond acceptors (Lipinski definition) is 5. The van der Waals surface area contributed by atoms with E-state index in [1.807, 2.05) is 6.92 Å². The molecular formula is C15H15ClN4O2S. The number of benzene rings is 1. The summed E-state index contributed by atoms with van der Waals surface area (Å²) in [5.74, 6) is 0.659. The molecule has 8 heteroatoms. The number of fused-ring (bicyclic) bond motifs is 1. The maximum absolute atomic E-state index is 11.5. The third-order valence-corrected chi connectivity index (χ3v) is 4.77. The van der Waals surface area contributed by atoms with Crippen LogP contribution in [0.3, 0.4) is 0 Å². The number of rotatable bonds is 4. The highest BCUT2D eigenvalue weighted by Crippen LogP contribution is 2.23. The Morgan fingerprint density at radius 1 is 1.26 bits per heavy atom. The molecule has 0 atom stereocenters. The minimum absolute atomic E-state index is 0.272. The predicted molar refractivity (Wildman–Crippen MR) is 90.2 cm³/mol. The maximum Gasteiger partial charge on any atom is 0.175 e. The van der Waals surface area contributed by atoms with Gasteiger partial charge in [-0.25, -0.2) is 13.4 Å². The highest BCUT2D eigenvalue weighted by atomic mass is 35.5. The molecule has 23 heavy (non-hydrogen) atoms. The van der Waals surface area contributed by atoms with Gasteiger partial charge in [-0.2, -0.15) is 9.61 Å². The highest BCUT2D eigenvalue weighted by Gasteiger charge is 2.11. The van der Waals surface area contributed by atoms with Gasteiger partial charge in [-0.1, -0.05) is 18.5 Å². The molecule has 1 aromatic carbocycles. The van der Waals surface area contributed by atoms with E-state index in [0.29, 0.717) is 16.6 Å². The molecule has 3 aromatic rings. The Morgan fingerprint density at radius 2 is 1.96 bits per heavy atom. The molecule has 0 amide bonds. The van der Waals surface area contributed by atoms with Crippen molar-refractivity contribution in [1.29, 1.82) is 0 Å². The fourth-order valence-electron chi connectivity index (χ4n) is 2.25. The van der Waals surface area contributed by atoms with Crippen LogP contribution in [0.25, 0.3) is 5.65 Å². The van der Waals surface area contributed by atoms with Gasteiger partial charge in [0.15, 0.2) is 15.5 Å². The van der Waals surface area contributed by atoms with E-state index in [2.05, 4.69) is 15.4 Å². The SMILES string of the molecule is CCc1cnn2c(Nc3ccc(S(C)(=O)=O)cc3)cc(Cl)nc12. The van der Waals surface area contributed by atoms with Crippen molar-refractivity contribution in [3.05, 3.63) is 47.2 Å². The number of nitrogens with zero attached hydrogens (tertiary/aromatic N) is 3. The van der Waals surface area contributed by atoms with Crippen molar-refractivity contribution in [2.45, 2.75) is 18.2 Å². The Bertz CT molecular complexity index is 965. The van der Waals surface area contributed by atoms with Crippen molar-refractivity contribution in [3.63, 3.8) is 0 Å². The molecule has 2 heterocycles. The molecule has 120 valence electrons. The van der Waals surface area contributed by atoms with Gasteiger partial charge in [0.25, 0.3) is 0 Å². The quantitative estimate of drug-likeness (QED) is 0.732. The fourth-order valence-corrected chi connectivity index (χ4v) is 3.06. The molecule has 3 rings (SSSR count). The highest BCUT2D eigenvalue weighted by molar-refractivity contribution is 7.90. The molecular weight excluding hydrogens is 336 g/mol. The van der Waals surface area contributed by atoms with Gasteiger partial charge in [0.05, 0.1) is 11.1 Å². The standard InChI is InChI=1S/C15H15ClN4O2S/c1-3-10-9-17-20-14(8-13(16)19-15(10)20)18-11-4-6-12(7-5-11)23(2,21)22/h4-9,18H,3H2,1-2H3. The predicted octanol–water partition coefficient (Wildman–Crippen LogP) is 3.09. The monoisotopic (exact) mass is 350 g/mol. The van der Waals surface area contributed by atoms with Crippen LogP contribution in [0, 0.1) is 0 Å². The van der Waals surface area contributed by atoms with Crippen LogP contribution in [0.5, 0.6) is 0 Å². The van der Waals surface area contributed by atoms with Crippen LogP contribution < -0.4 is 5.32 Å². The number of nitrogens with one attached hydrogen (secondary N) is 1. The third kappa shape index (κ3) is 3.16. The molecule has 0 saturated carbocycles. The van der Waals surface area contributed by atoms with Gasteiger partial charge in [0, 0.05) is 23.6 Å². The number of hydrogen-bond donors (Lipinski definition) is 1. The second-order valence-electron chi connectivity index (χ2n) is 5.14. The lowest BCUT2D eigenvalue weighted by Crippen LogP contribution is -2.02. The van der Waals surface area contributed by atoms with Crippen LogP contribution in [0.15, 0.2) is 41.4 Å². The first kappa shape index (κ1) is 15.8. The van der Waals surface area contributed by atoms with Gasteiger partial charge >= 0.3 is 0 Å². The smallest absolute Gasteiger partial charge is 0.175 e. The summed E-state index contributed by atoms with van der Waals surface area (Å²) in [5, 5.41) is 7.87. The van der Waals surface area contributed by atoms with Crippen molar-refractivity contribution >= 4 is 38.6 Å². The summed E-state index contributed by atoms with van der Waals surface area (Å²) in [5.41, 5.74) is 2.44. The molecule has 2 aromatic heterocycles. The van der Waals surface area contributed by atoms with Crippen LogP contribution in [-0.4, -0.2) is 29.3 Å². The molecule has 0 aliphatic carbocycles. The van der Waals surface area contributed by atoms with E-state index >= 15 is 0 Å². The molecule has 1 N–H and O–H groups in total. The number of aryl methyl sites for hydroxylation is 1. The first-order chi connectivity index (χ1) is 10.9. The van der Waals surface area contributed by atoms with E-state index in [-0.39, 0.29) is 4.90 Å². The van der Waals surface area contributed by atoms with Gasteiger partial charge in [0.2, 0.25) is 0 Å². The summed E-state index contributed by atoms with van der Waals surface area (Å²) in [6.45, 7) is 2.02. The zero-order chi connectivity index (χ0) is 16.6. The van der Waals surface area contributed by atoms with Crippen molar-refractivity contribution < 1.29 is 8.42 Å². The van der Waals surface area contributed by atoms with Crippen LogP contribution >= 0.6 is 11.6 Å². The molecule has 0 saturated heterocycles. The van der Waals surface area contributed by atoms with Crippen LogP contribution in [0.1, 0.15) is 12.5 Å². The summed E-state index contributed by atoms with van der Waals surface area (Å²) in [7, 11) is -3.21. The summed E-state index contributed by atoms with van der Waals surface area (Å²) in [6, 6.07) is 8.17. The molecule has 0 radical (unpaired) electrons. The average Bonchev–Trinajstić information content (AvgIpc) is 2.89. The van der Waals surface area contributed by atoms with E-state index in [0.717, 1.165) is 17.7 Å². The maximum atomic E-state index is 11.5. The van der Waals surface area contributed by atoms with Crippen LogP contribution in [0.2, 0.25) is 5.15 Å². The Morgan fingerprint density at radius 3 is 2.57 bits per heavy atom. The van der Waals surface area contributed by atoms with Crippen molar-refractivity contribution in [2.24, 2.45) is 0 Å². The Hall–Kier alpha value is -2.12. The van der Waals surface area contributed by atoms with E-state index in [4.69, 9.17) is 11.6 Å². The lowest BCUT2D eigenvalue weighted by atomic mass is 10.3. The van der Waals surface area contributed by atoms with E-state index in [9.17, 15) is 8.42 Å². The van der Waals surface area contributed by atoms with Gasteiger partial charge < -0.3 is 5.32 Å². The molecule has 0 bridgehead atoms. The normalized spacial score (nSPS) is 11.8. The van der Waals surface area contributed by atoms with Gasteiger partial charge in [0.1, 0.15) is 11.0 Å². The Kier molecular flexibility index (Phi) is 3.99. The number of anilines is 2.